The van der Waals surface area contributed by atoms with Crippen molar-refractivity contribution in [1.29, 1.82) is 0 Å². The molecule has 1 unspecified atom stereocenters. The van der Waals surface area contributed by atoms with Gasteiger partial charge in [-0.1, -0.05) is 6.07 Å². The molecule has 0 bridgehead atoms. The average molecular weight is 567 g/mol. The van der Waals surface area contributed by atoms with Crippen LogP contribution in [-0.4, -0.2) is 32.0 Å². The van der Waals surface area contributed by atoms with Crippen LogP contribution in [0.5, 0.6) is 0 Å². The number of nitrogens with one attached hydrogen (secondary N) is 2. The van der Waals surface area contributed by atoms with Gasteiger partial charge >= 0.3 is 0 Å². The molecule has 5 rings (SSSR count). The van der Waals surface area contributed by atoms with Crippen LogP contribution in [0.1, 0.15) is 48.3 Å². The van der Waals surface area contributed by atoms with Gasteiger partial charge in [-0.25, -0.2) is 17.6 Å². The minimum absolute atomic E-state index is 0.0164. The Kier molecular flexibility index (Phi) is 7.75. The monoisotopic (exact) mass is 566 g/mol. The SMILES string of the molecule is CNC(=O)C(=Cc1cc(F)c(F)c(F)c1)NC(=O)CC1CC2(CCN(c3ccc(N)cc3)CC2)c2cc(F)ccc21. The number of rotatable bonds is 6. The smallest absolute Gasteiger partial charge is 0.267 e. The first-order chi connectivity index (χ1) is 19.6. The fourth-order valence-corrected chi connectivity index (χ4v) is 6.11. The Morgan fingerprint density at radius 1 is 1.00 bits per heavy atom. The molecule has 3 aromatic rings. The van der Waals surface area contributed by atoms with Crippen LogP contribution in [0.4, 0.5) is 28.9 Å². The predicted octanol–water partition coefficient (Wildman–Crippen LogP) is 5.14. The van der Waals surface area contributed by atoms with E-state index in [2.05, 4.69) is 15.5 Å². The Balaban J connectivity index is 1.34. The van der Waals surface area contributed by atoms with Crippen molar-refractivity contribution in [3.63, 3.8) is 0 Å². The topological polar surface area (TPSA) is 87.5 Å². The first kappa shape index (κ1) is 28.2. The van der Waals surface area contributed by atoms with E-state index in [9.17, 15) is 27.2 Å². The quantitative estimate of drug-likeness (QED) is 0.167. The number of nitrogens with zero attached hydrogens (tertiary/aromatic N) is 1. The van der Waals surface area contributed by atoms with Gasteiger partial charge in [0.1, 0.15) is 11.5 Å². The van der Waals surface area contributed by atoms with E-state index in [1.165, 1.54) is 13.1 Å². The summed E-state index contributed by atoms with van der Waals surface area (Å²) in [6.45, 7) is 1.51. The molecular formula is C31H30F4N4O2. The van der Waals surface area contributed by atoms with Crippen molar-refractivity contribution < 1.29 is 27.2 Å². The van der Waals surface area contributed by atoms with E-state index in [4.69, 9.17) is 5.73 Å². The number of nitrogen functional groups attached to an aromatic ring is 1. The molecule has 0 saturated carbocycles. The molecule has 1 heterocycles. The Morgan fingerprint density at radius 2 is 1.66 bits per heavy atom. The molecule has 214 valence electrons. The van der Waals surface area contributed by atoms with Crippen LogP contribution in [0.2, 0.25) is 0 Å². The Bertz CT molecular complexity index is 1490. The zero-order valence-corrected chi connectivity index (χ0v) is 22.4. The molecule has 10 heteroatoms. The van der Waals surface area contributed by atoms with Crippen molar-refractivity contribution in [3.05, 3.63) is 100 Å². The van der Waals surface area contributed by atoms with Crippen molar-refractivity contribution >= 4 is 29.3 Å². The molecule has 1 atom stereocenters. The number of carbonyl (C=O) groups excluding carboxylic acids is 2. The summed E-state index contributed by atoms with van der Waals surface area (Å²) < 4.78 is 55.2. The maximum Gasteiger partial charge on any atom is 0.267 e. The Labute approximate surface area is 235 Å². The van der Waals surface area contributed by atoms with Crippen LogP contribution in [-0.2, 0) is 15.0 Å². The molecule has 2 amide bonds. The number of likely N-dealkylation sites (N-methyl/N-ethyl adjacent to an activating group) is 1. The number of hydrogen-bond acceptors (Lipinski definition) is 4. The van der Waals surface area contributed by atoms with Crippen molar-refractivity contribution in [2.24, 2.45) is 0 Å². The largest absolute Gasteiger partial charge is 0.399 e. The molecule has 2 aliphatic rings. The lowest BCUT2D eigenvalue weighted by molar-refractivity contribution is -0.123. The molecule has 1 aliphatic heterocycles. The lowest BCUT2D eigenvalue weighted by atomic mass is 9.73. The van der Waals surface area contributed by atoms with Crippen molar-refractivity contribution in [3.8, 4) is 0 Å². The highest BCUT2D eigenvalue weighted by Gasteiger charge is 2.46. The highest BCUT2D eigenvalue weighted by atomic mass is 19.2. The average Bonchev–Trinajstić information content (AvgIpc) is 3.23. The highest BCUT2D eigenvalue weighted by molar-refractivity contribution is 6.01. The van der Waals surface area contributed by atoms with Gasteiger partial charge in [0.05, 0.1) is 0 Å². The highest BCUT2D eigenvalue weighted by Crippen LogP contribution is 2.53. The van der Waals surface area contributed by atoms with Gasteiger partial charge in [0, 0.05) is 37.9 Å². The maximum atomic E-state index is 14.4. The molecule has 1 fully saturated rings. The third-order valence-corrected chi connectivity index (χ3v) is 8.14. The van der Waals surface area contributed by atoms with Crippen molar-refractivity contribution in [2.75, 3.05) is 30.8 Å². The van der Waals surface area contributed by atoms with E-state index >= 15 is 0 Å². The maximum absolute atomic E-state index is 14.4. The van der Waals surface area contributed by atoms with E-state index in [0.717, 1.165) is 61.0 Å². The number of hydrogen-bond donors (Lipinski definition) is 3. The predicted molar refractivity (Wildman–Crippen MR) is 149 cm³/mol. The number of nitrogens with two attached hydrogens (primary N) is 1. The summed E-state index contributed by atoms with van der Waals surface area (Å²) in [5, 5.41) is 4.92. The molecule has 41 heavy (non-hydrogen) atoms. The number of anilines is 2. The summed E-state index contributed by atoms with van der Waals surface area (Å²) in [5.74, 6) is -6.19. The lowest BCUT2D eigenvalue weighted by Gasteiger charge is -2.41. The Morgan fingerprint density at radius 3 is 2.29 bits per heavy atom. The van der Waals surface area contributed by atoms with Crippen LogP contribution in [0, 0.1) is 23.3 Å². The van der Waals surface area contributed by atoms with Gasteiger partial charge < -0.3 is 21.3 Å². The number of carbonyl (C=O) groups is 2. The second-order valence-electron chi connectivity index (χ2n) is 10.7. The van der Waals surface area contributed by atoms with Crippen LogP contribution < -0.4 is 21.3 Å². The van der Waals surface area contributed by atoms with Crippen LogP contribution in [0.3, 0.4) is 0 Å². The molecule has 1 spiro atoms. The molecule has 4 N–H and O–H groups in total. The third kappa shape index (κ3) is 5.77. The number of halogens is 4. The van der Waals surface area contributed by atoms with Crippen LogP contribution >= 0.6 is 0 Å². The summed E-state index contributed by atoms with van der Waals surface area (Å²) >= 11 is 0. The summed E-state index contributed by atoms with van der Waals surface area (Å²) in [5.41, 5.74) is 8.72. The summed E-state index contributed by atoms with van der Waals surface area (Å²) in [6, 6.07) is 13.8. The van der Waals surface area contributed by atoms with Gasteiger partial charge in [-0.2, -0.15) is 0 Å². The minimum atomic E-state index is -1.63. The fourth-order valence-electron chi connectivity index (χ4n) is 6.11. The first-order valence-electron chi connectivity index (χ1n) is 13.4. The van der Waals surface area contributed by atoms with Crippen molar-refractivity contribution in [1.82, 2.24) is 10.6 Å². The standard InChI is InChI=1S/C31H30F4N4O2/c1-37-30(41)27(14-18-12-25(33)29(35)26(34)13-18)38-28(40)15-19-17-31(24-16-20(32)2-7-23(19)24)8-10-39(11-9-31)22-5-3-21(36)4-6-22/h2-7,12-14,16,19H,8-11,15,17,36H2,1H3,(H,37,41)(H,38,40). The van der Waals surface area contributed by atoms with E-state index in [0.29, 0.717) is 12.1 Å². The molecule has 1 aliphatic carbocycles. The normalized spacial score (nSPS) is 17.8. The summed E-state index contributed by atoms with van der Waals surface area (Å²) in [7, 11) is 1.34. The number of benzene rings is 3. The van der Waals surface area contributed by atoms with Gasteiger partial charge in [0.15, 0.2) is 17.5 Å². The van der Waals surface area contributed by atoms with Crippen LogP contribution in [0.15, 0.2) is 60.3 Å². The van der Waals surface area contributed by atoms with Gasteiger partial charge in [-0.15, -0.1) is 0 Å². The fraction of sp³-hybridized carbons (Fsp3) is 0.290. The summed E-state index contributed by atoms with van der Waals surface area (Å²) in [6.07, 6.45) is 3.29. The van der Waals surface area contributed by atoms with E-state index in [1.807, 2.05) is 24.3 Å². The molecule has 0 radical (unpaired) electrons. The third-order valence-electron chi connectivity index (χ3n) is 8.14. The zero-order chi connectivity index (χ0) is 29.3. The number of piperidine rings is 1. The van der Waals surface area contributed by atoms with Gasteiger partial charge in [0.25, 0.3) is 5.91 Å². The van der Waals surface area contributed by atoms with Crippen LogP contribution in [0.25, 0.3) is 6.08 Å². The van der Waals surface area contributed by atoms with E-state index in [-0.39, 0.29) is 34.8 Å². The molecule has 6 nitrogen and oxygen atoms in total. The van der Waals surface area contributed by atoms with E-state index in [1.54, 1.807) is 12.1 Å². The number of fused-ring (bicyclic) bond motifs is 2. The molecule has 3 aromatic carbocycles. The second kappa shape index (κ2) is 11.3. The van der Waals surface area contributed by atoms with Gasteiger partial charge in [-0.05, 0) is 102 Å². The lowest BCUT2D eigenvalue weighted by Crippen LogP contribution is -2.41. The second-order valence-corrected chi connectivity index (χ2v) is 10.7. The first-order valence-corrected chi connectivity index (χ1v) is 13.4. The summed E-state index contributed by atoms with van der Waals surface area (Å²) in [4.78, 5) is 27.9. The van der Waals surface area contributed by atoms with Gasteiger partial charge in [-0.3, -0.25) is 9.59 Å². The molecular weight excluding hydrogens is 536 g/mol. The zero-order valence-electron chi connectivity index (χ0n) is 22.4. The molecule has 0 aromatic heterocycles. The molecule has 1 saturated heterocycles. The Hall–Kier alpha value is -4.34. The number of amides is 2. The van der Waals surface area contributed by atoms with Crippen molar-refractivity contribution in [2.45, 2.75) is 37.0 Å². The van der Waals surface area contributed by atoms with E-state index < -0.39 is 29.3 Å². The minimum Gasteiger partial charge on any atom is -0.399 e. The van der Waals surface area contributed by atoms with Gasteiger partial charge in [0.2, 0.25) is 5.91 Å².